The van der Waals surface area contributed by atoms with Gasteiger partial charge in [0, 0.05) is 13.5 Å². The number of hydrogen-bond acceptors (Lipinski definition) is 3. The number of Topliss-reactive ketones (excluding diaryl/α,β-unsaturated/α-hetero) is 1. The van der Waals surface area contributed by atoms with Gasteiger partial charge in [-0.25, -0.2) is 0 Å². The zero-order chi connectivity index (χ0) is 12.5. The smallest absolute Gasteiger partial charge is 0.182 e. The number of aryl methyl sites for hydroxylation is 1. The zero-order valence-electron chi connectivity index (χ0n) is 10.4. The molecule has 92 valence electrons. The molecule has 0 aliphatic heterocycles. The minimum atomic E-state index is 0.0739. The molecule has 0 aliphatic rings. The van der Waals surface area contributed by atoms with Crippen molar-refractivity contribution in [2.45, 2.75) is 19.8 Å². The first-order valence-electron chi connectivity index (χ1n) is 5.84. The van der Waals surface area contributed by atoms with Crippen LogP contribution in [0.2, 0.25) is 0 Å². The van der Waals surface area contributed by atoms with Crippen molar-refractivity contribution in [1.29, 1.82) is 0 Å². The van der Waals surface area contributed by atoms with Crippen LogP contribution in [0.3, 0.4) is 0 Å². The minimum absolute atomic E-state index is 0.0739. The Balaban J connectivity index is 2.48. The van der Waals surface area contributed by atoms with E-state index >= 15 is 0 Å². The van der Waals surface area contributed by atoms with E-state index in [0.717, 1.165) is 6.42 Å². The summed E-state index contributed by atoms with van der Waals surface area (Å²) in [6, 6.07) is 9.99. The highest BCUT2D eigenvalue weighted by Crippen LogP contribution is 2.05. The van der Waals surface area contributed by atoms with Crippen molar-refractivity contribution in [1.82, 2.24) is 5.32 Å². The Morgan fingerprint density at radius 2 is 2.06 bits per heavy atom. The Morgan fingerprint density at radius 3 is 2.65 bits per heavy atom. The molecule has 0 atom stereocenters. The molecular weight excluding hydrogens is 214 g/mol. The maximum absolute atomic E-state index is 11.8. The van der Waals surface area contributed by atoms with Crippen molar-refractivity contribution in [3.05, 3.63) is 47.9 Å². The van der Waals surface area contributed by atoms with Crippen molar-refractivity contribution in [3.8, 4) is 0 Å². The molecule has 0 saturated carbocycles. The van der Waals surface area contributed by atoms with Crippen molar-refractivity contribution < 1.29 is 9.53 Å². The lowest BCUT2D eigenvalue weighted by atomic mass is 10.1. The molecule has 0 unspecified atom stereocenters. The van der Waals surface area contributed by atoms with Crippen LogP contribution in [0.25, 0.3) is 0 Å². The van der Waals surface area contributed by atoms with Gasteiger partial charge in [0.15, 0.2) is 5.78 Å². The standard InChI is InChI=1S/C14H19NO2/c1-3-17-11-13(15-2)14(16)10-9-12-7-5-4-6-8-12/h4-8,11,15H,3,9-10H2,1-2H3/b13-11-. The van der Waals surface area contributed by atoms with Crippen LogP contribution >= 0.6 is 0 Å². The first-order valence-corrected chi connectivity index (χ1v) is 5.84. The summed E-state index contributed by atoms with van der Waals surface area (Å²) in [5.41, 5.74) is 1.70. The topological polar surface area (TPSA) is 38.3 Å². The lowest BCUT2D eigenvalue weighted by Crippen LogP contribution is -2.17. The summed E-state index contributed by atoms with van der Waals surface area (Å²) in [6.07, 6.45) is 2.74. The highest BCUT2D eigenvalue weighted by atomic mass is 16.5. The predicted molar refractivity (Wildman–Crippen MR) is 68.5 cm³/mol. The van der Waals surface area contributed by atoms with E-state index in [1.807, 2.05) is 37.3 Å². The van der Waals surface area contributed by atoms with Crippen LogP contribution in [0, 0.1) is 0 Å². The third-order valence-electron chi connectivity index (χ3n) is 2.42. The van der Waals surface area contributed by atoms with Gasteiger partial charge in [-0.1, -0.05) is 30.3 Å². The maximum atomic E-state index is 11.8. The van der Waals surface area contributed by atoms with E-state index in [-0.39, 0.29) is 5.78 Å². The first kappa shape index (κ1) is 13.3. The molecule has 17 heavy (non-hydrogen) atoms. The summed E-state index contributed by atoms with van der Waals surface area (Å²) in [4.78, 5) is 11.8. The maximum Gasteiger partial charge on any atom is 0.182 e. The van der Waals surface area contributed by atoms with Crippen molar-refractivity contribution in [2.24, 2.45) is 0 Å². The fourth-order valence-electron chi connectivity index (χ4n) is 1.47. The molecule has 1 rings (SSSR count). The van der Waals surface area contributed by atoms with Crippen molar-refractivity contribution in [2.75, 3.05) is 13.7 Å². The molecule has 0 saturated heterocycles. The van der Waals surface area contributed by atoms with Crippen LogP contribution in [0.5, 0.6) is 0 Å². The number of ketones is 1. The Labute approximate surface area is 102 Å². The lowest BCUT2D eigenvalue weighted by Gasteiger charge is -2.06. The fraction of sp³-hybridized carbons (Fsp3) is 0.357. The van der Waals surface area contributed by atoms with Gasteiger partial charge in [-0.3, -0.25) is 4.79 Å². The number of carbonyl (C=O) groups excluding carboxylic acids is 1. The number of rotatable bonds is 7. The molecule has 3 heteroatoms. The number of likely N-dealkylation sites (N-methyl/N-ethyl adjacent to an activating group) is 1. The van der Waals surface area contributed by atoms with E-state index in [1.165, 1.54) is 11.8 Å². The molecule has 0 amide bonds. The summed E-state index contributed by atoms with van der Waals surface area (Å²) in [6.45, 7) is 2.45. The summed E-state index contributed by atoms with van der Waals surface area (Å²) >= 11 is 0. The molecule has 1 N–H and O–H groups in total. The summed E-state index contributed by atoms with van der Waals surface area (Å²) in [5.74, 6) is 0.0739. The number of allylic oxidation sites excluding steroid dienone is 1. The van der Waals surface area contributed by atoms with Crippen LogP contribution in [0.15, 0.2) is 42.3 Å². The van der Waals surface area contributed by atoms with Gasteiger partial charge in [0.25, 0.3) is 0 Å². The number of benzene rings is 1. The molecule has 1 aromatic rings. The Kier molecular flexibility index (Phi) is 5.86. The minimum Gasteiger partial charge on any atom is -0.499 e. The van der Waals surface area contributed by atoms with E-state index < -0.39 is 0 Å². The van der Waals surface area contributed by atoms with Gasteiger partial charge in [0.2, 0.25) is 0 Å². The summed E-state index contributed by atoms with van der Waals surface area (Å²) < 4.78 is 5.11. The molecule has 0 aliphatic carbocycles. The van der Waals surface area contributed by atoms with E-state index in [9.17, 15) is 4.79 Å². The second-order valence-corrected chi connectivity index (χ2v) is 3.65. The molecule has 0 fully saturated rings. The zero-order valence-corrected chi connectivity index (χ0v) is 10.4. The molecular formula is C14H19NO2. The lowest BCUT2D eigenvalue weighted by molar-refractivity contribution is -0.116. The molecule has 3 nitrogen and oxygen atoms in total. The van der Waals surface area contributed by atoms with E-state index in [4.69, 9.17) is 4.74 Å². The Bertz CT molecular complexity index is 371. The second kappa shape index (κ2) is 7.49. The third-order valence-corrected chi connectivity index (χ3v) is 2.42. The molecule has 0 heterocycles. The Morgan fingerprint density at radius 1 is 1.35 bits per heavy atom. The van der Waals surface area contributed by atoms with Crippen molar-refractivity contribution in [3.63, 3.8) is 0 Å². The molecule has 0 spiro atoms. The van der Waals surface area contributed by atoms with Crippen LogP contribution in [0.1, 0.15) is 18.9 Å². The molecule has 0 radical (unpaired) electrons. The first-order chi connectivity index (χ1) is 8.27. The van der Waals surface area contributed by atoms with Gasteiger partial charge < -0.3 is 10.1 Å². The average Bonchev–Trinajstić information content (AvgIpc) is 2.38. The van der Waals surface area contributed by atoms with Gasteiger partial charge in [-0.15, -0.1) is 0 Å². The SMILES string of the molecule is CCO/C=C(\NC)C(=O)CCc1ccccc1. The van der Waals surface area contributed by atoms with Gasteiger partial charge in [-0.05, 0) is 18.9 Å². The fourth-order valence-corrected chi connectivity index (χ4v) is 1.47. The number of carbonyl (C=O) groups is 1. The van der Waals surface area contributed by atoms with Crippen LogP contribution in [-0.4, -0.2) is 19.4 Å². The van der Waals surface area contributed by atoms with E-state index in [1.54, 1.807) is 7.05 Å². The number of ether oxygens (including phenoxy) is 1. The number of nitrogens with one attached hydrogen (secondary N) is 1. The Hall–Kier alpha value is -1.77. The van der Waals surface area contributed by atoms with Crippen molar-refractivity contribution >= 4 is 5.78 Å². The summed E-state index contributed by atoms with van der Waals surface area (Å²) in [5, 5.41) is 2.86. The van der Waals surface area contributed by atoms with E-state index in [2.05, 4.69) is 5.32 Å². The highest BCUT2D eigenvalue weighted by Gasteiger charge is 2.08. The largest absolute Gasteiger partial charge is 0.499 e. The normalized spacial score (nSPS) is 11.1. The third kappa shape index (κ3) is 4.72. The summed E-state index contributed by atoms with van der Waals surface area (Å²) in [7, 11) is 1.73. The average molecular weight is 233 g/mol. The van der Waals surface area contributed by atoms with Gasteiger partial charge in [0.1, 0.15) is 12.0 Å². The quantitative estimate of drug-likeness (QED) is 0.580. The predicted octanol–water partition coefficient (Wildman–Crippen LogP) is 2.29. The molecule has 0 aromatic heterocycles. The van der Waals surface area contributed by atoms with E-state index in [0.29, 0.717) is 18.7 Å². The van der Waals surface area contributed by atoms with Gasteiger partial charge in [-0.2, -0.15) is 0 Å². The van der Waals surface area contributed by atoms with Gasteiger partial charge >= 0.3 is 0 Å². The second-order valence-electron chi connectivity index (χ2n) is 3.65. The number of hydrogen-bond donors (Lipinski definition) is 1. The van der Waals surface area contributed by atoms with Gasteiger partial charge in [0.05, 0.1) is 6.61 Å². The molecule has 0 bridgehead atoms. The highest BCUT2D eigenvalue weighted by molar-refractivity contribution is 5.94. The van der Waals surface area contributed by atoms with Crippen LogP contribution in [-0.2, 0) is 16.0 Å². The van der Waals surface area contributed by atoms with Crippen LogP contribution < -0.4 is 5.32 Å². The monoisotopic (exact) mass is 233 g/mol. The van der Waals surface area contributed by atoms with Crippen LogP contribution in [0.4, 0.5) is 0 Å². The molecule has 1 aromatic carbocycles.